The van der Waals surface area contributed by atoms with Gasteiger partial charge in [0.1, 0.15) is 6.54 Å². The predicted molar refractivity (Wildman–Crippen MR) is 96.6 cm³/mol. The standard InChI is InChI=1S/C19H24N4O3/c1-14-10-18(24)23(21-15(14)2)13-19(25)22(12-17-7-5-9-26-17)11-16-6-3-4-8-20-16/h3-4,6,8,10,17H,5,7,9,11-13H2,1-2H3. The molecular formula is C19H24N4O3. The number of pyridine rings is 1. The minimum atomic E-state index is -0.267. The first-order valence-corrected chi connectivity index (χ1v) is 8.87. The van der Waals surface area contributed by atoms with Crippen molar-refractivity contribution < 1.29 is 9.53 Å². The van der Waals surface area contributed by atoms with Crippen molar-refractivity contribution in [2.75, 3.05) is 13.2 Å². The van der Waals surface area contributed by atoms with Gasteiger partial charge in [0.05, 0.1) is 24.0 Å². The number of aromatic nitrogens is 3. The fraction of sp³-hybridized carbons (Fsp3) is 0.474. The molecule has 1 atom stereocenters. The molecule has 3 heterocycles. The molecule has 0 radical (unpaired) electrons. The van der Waals surface area contributed by atoms with Crippen molar-refractivity contribution >= 4 is 5.91 Å². The number of aryl methyl sites for hydroxylation is 2. The summed E-state index contributed by atoms with van der Waals surface area (Å²) in [5.74, 6) is -0.163. The Hall–Kier alpha value is -2.54. The van der Waals surface area contributed by atoms with Crippen molar-refractivity contribution in [2.24, 2.45) is 0 Å². The smallest absolute Gasteiger partial charge is 0.267 e. The van der Waals surface area contributed by atoms with E-state index in [1.807, 2.05) is 32.0 Å². The highest BCUT2D eigenvalue weighted by Crippen LogP contribution is 2.15. The number of nitrogens with zero attached hydrogens (tertiary/aromatic N) is 4. The largest absolute Gasteiger partial charge is 0.376 e. The Morgan fingerprint density at radius 1 is 1.38 bits per heavy atom. The Morgan fingerprint density at radius 3 is 2.92 bits per heavy atom. The maximum Gasteiger partial charge on any atom is 0.267 e. The SMILES string of the molecule is Cc1cc(=O)n(CC(=O)N(Cc2ccccn2)CC2CCCO2)nc1C. The number of carbonyl (C=O) groups excluding carboxylic acids is 1. The Morgan fingerprint density at radius 2 is 2.23 bits per heavy atom. The number of carbonyl (C=O) groups is 1. The average molecular weight is 356 g/mol. The topological polar surface area (TPSA) is 77.3 Å². The summed E-state index contributed by atoms with van der Waals surface area (Å²) in [4.78, 5) is 31.1. The third-order valence-corrected chi connectivity index (χ3v) is 4.60. The van der Waals surface area contributed by atoms with Crippen LogP contribution in [0.1, 0.15) is 29.8 Å². The fourth-order valence-corrected chi connectivity index (χ4v) is 2.99. The molecule has 26 heavy (non-hydrogen) atoms. The van der Waals surface area contributed by atoms with E-state index in [4.69, 9.17) is 4.74 Å². The lowest BCUT2D eigenvalue weighted by atomic mass is 10.2. The summed E-state index contributed by atoms with van der Waals surface area (Å²) >= 11 is 0. The highest BCUT2D eigenvalue weighted by molar-refractivity contribution is 5.75. The summed E-state index contributed by atoms with van der Waals surface area (Å²) in [6.45, 7) is 5.19. The minimum Gasteiger partial charge on any atom is -0.376 e. The van der Waals surface area contributed by atoms with Gasteiger partial charge in [-0.25, -0.2) is 4.68 Å². The van der Waals surface area contributed by atoms with Gasteiger partial charge < -0.3 is 9.64 Å². The van der Waals surface area contributed by atoms with Crippen LogP contribution in [-0.4, -0.2) is 44.8 Å². The van der Waals surface area contributed by atoms with Gasteiger partial charge >= 0.3 is 0 Å². The van der Waals surface area contributed by atoms with Gasteiger partial charge in [-0.15, -0.1) is 0 Å². The molecule has 1 fully saturated rings. The van der Waals surface area contributed by atoms with E-state index in [-0.39, 0.29) is 24.1 Å². The molecule has 1 amide bonds. The van der Waals surface area contributed by atoms with Crippen LogP contribution in [0.3, 0.4) is 0 Å². The molecule has 0 aliphatic carbocycles. The monoisotopic (exact) mass is 356 g/mol. The number of hydrogen-bond acceptors (Lipinski definition) is 5. The summed E-state index contributed by atoms with van der Waals surface area (Å²) in [5.41, 5.74) is 2.10. The zero-order chi connectivity index (χ0) is 18.5. The molecule has 0 spiro atoms. The summed E-state index contributed by atoms with van der Waals surface area (Å²) < 4.78 is 6.91. The summed E-state index contributed by atoms with van der Waals surface area (Å²) in [6.07, 6.45) is 3.69. The third-order valence-electron chi connectivity index (χ3n) is 4.60. The first-order valence-electron chi connectivity index (χ1n) is 8.87. The Bertz CT molecular complexity index is 813. The lowest BCUT2D eigenvalue weighted by Gasteiger charge is -2.25. The second-order valence-corrected chi connectivity index (χ2v) is 6.64. The lowest BCUT2D eigenvalue weighted by molar-refractivity contribution is -0.134. The van der Waals surface area contributed by atoms with Crippen molar-refractivity contribution in [3.05, 3.63) is 57.8 Å². The van der Waals surface area contributed by atoms with Crippen LogP contribution in [-0.2, 0) is 22.6 Å². The van der Waals surface area contributed by atoms with Crippen LogP contribution in [0.15, 0.2) is 35.3 Å². The number of amides is 1. The minimum absolute atomic E-state index is 0.0343. The molecule has 1 unspecified atom stereocenters. The molecule has 7 heteroatoms. The van der Waals surface area contributed by atoms with E-state index in [2.05, 4.69) is 10.1 Å². The molecule has 1 saturated heterocycles. The summed E-state index contributed by atoms with van der Waals surface area (Å²) in [5, 5.41) is 4.24. The molecule has 2 aromatic heterocycles. The zero-order valence-corrected chi connectivity index (χ0v) is 15.2. The summed E-state index contributed by atoms with van der Waals surface area (Å²) in [6, 6.07) is 7.13. The highest BCUT2D eigenvalue weighted by atomic mass is 16.5. The number of ether oxygens (including phenoxy) is 1. The second kappa shape index (κ2) is 8.23. The van der Waals surface area contributed by atoms with E-state index in [9.17, 15) is 9.59 Å². The second-order valence-electron chi connectivity index (χ2n) is 6.64. The van der Waals surface area contributed by atoms with Crippen molar-refractivity contribution in [3.63, 3.8) is 0 Å². The van der Waals surface area contributed by atoms with E-state index in [0.717, 1.165) is 36.4 Å². The third kappa shape index (κ3) is 4.54. The van der Waals surface area contributed by atoms with Gasteiger partial charge in [0.2, 0.25) is 5.91 Å². The van der Waals surface area contributed by atoms with E-state index in [1.165, 1.54) is 10.7 Å². The van der Waals surface area contributed by atoms with E-state index >= 15 is 0 Å². The number of rotatable bonds is 6. The van der Waals surface area contributed by atoms with Crippen LogP contribution >= 0.6 is 0 Å². The number of hydrogen-bond donors (Lipinski definition) is 0. The predicted octanol–water partition coefficient (Wildman–Crippen LogP) is 1.46. The molecule has 0 N–H and O–H groups in total. The lowest BCUT2D eigenvalue weighted by Crippen LogP contribution is -2.41. The van der Waals surface area contributed by atoms with Crippen LogP contribution in [0.25, 0.3) is 0 Å². The Balaban J connectivity index is 1.77. The molecule has 3 rings (SSSR count). The first-order chi connectivity index (χ1) is 12.5. The van der Waals surface area contributed by atoms with Gasteiger partial charge in [-0.1, -0.05) is 6.07 Å². The van der Waals surface area contributed by atoms with Gasteiger partial charge in [0.25, 0.3) is 5.56 Å². The first kappa shape index (κ1) is 18.3. The molecule has 0 bridgehead atoms. The highest BCUT2D eigenvalue weighted by Gasteiger charge is 2.23. The molecule has 138 valence electrons. The molecule has 2 aromatic rings. The molecule has 0 aromatic carbocycles. The average Bonchev–Trinajstić information content (AvgIpc) is 3.13. The fourth-order valence-electron chi connectivity index (χ4n) is 2.99. The van der Waals surface area contributed by atoms with Crippen molar-refractivity contribution in [1.82, 2.24) is 19.7 Å². The van der Waals surface area contributed by atoms with Crippen LogP contribution in [0.2, 0.25) is 0 Å². The quantitative estimate of drug-likeness (QED) is 0.783. The molecular weight excluding hydrogens is 332 g/mol. The normalized spacial score (nSPS) is 16.6. The van der Waals surface area contributed by atoms with Crippen molar-refractivity contribution in [2.45, 2.75) is 45.9 Å². The summed E-state index contributed by atoms with van der Waals surface area (Å²) in [7, 11) is 0. The van der Waals surface area contributed by atoms with E-state index in [1.54, 1.807) is 11.1 Å². The van der Waals surface area contributed by atoms with Crippen LogP contribution < -0.4 is 5.56 Å². The zero-order valence-electron chi connectivity index (χ0n) is 15.2. The van der Waals surface area contributed by atoms with E-state index in [0.29, 0.717) is 13.1 Å². The molecule has 1 aliphatic heterocycles. The van der Waals surface area contributed by atoms with Crippen LogP contribution in [0, 0.1) is 13.8 Å². The molecule has 1 aliphatic rings. The van der Waals surface area contributed by atoms with Gasteiger partial charge in [-0.2, -0.15) is 5.10 Å². The molecule has 0 saturated carbocycles. The Kier molecular flexibility index (Phi) is 5.78. The van der Waals surface area contributed by atoms with Gasteiger partial charge in [0.15, 0.2) is 0 Å². The maximum absolute atomic E-state index is 12.9. The molecule has 7 nitrogen and oxygen atoms in total. The maximum atomic E-state index is 12.9. The van der Waals surface area contributed by atoms with Gasteiger partial charge in [-0.05, 0) is 44.4 Å². The van der Waals surface area contributed by atoms with Crippen molar-refractivity contribution in [1.29, 1.82) is 0 Å². The van der Waals surface area contributed by atoms with Gasteiger partial charge in [-0.3, -0.25) is 14.6 Å². The van der Waals surface area contributed by atoms with Crippen molar-refractivity contribution in [3.8, 4) is 0 Å². The van der Waals surface area contributed by atoms with Crippen LogP contribution in [0.4, 0.5) is 0 Å². The van der Waals surface area contributed by atoms with E-state index < -0.39 is 0 Å². The Labute approximate surface area is 152 Å². The van der Waals surface area contributed by atoms with Crippen LogP contribution in [0.5, 0.6) is 0 Å². The van der Waals surface area contributed by atoms with Gasteiger partial charge in [0, 0.05) is 25.4 Å².